The number of ether oxygens (including phenoxy) is 2. The zero-order chi connectivity index (χ0) is 24.0. The molecule has 2 aromatic heterocycles. The second-order valence-electron chi connectivity index (χ2n) is 9.50. The first kappa shape index (κ1) is 22.1. The van der Waals surface area contributed by atoms with E-state index in [0.29, 0.717) is 22.6 Å². The Kier molecular flexibility index (Phi) is 5.36. The maximum absolute atomic E-state index is 12.6. The molecule has 176 valence electrons. The van der Waals surface area contributed by atoms with Crippen molar-refractivity contribution in [3.8, 4) is 5.69 Å². The zero-order valence-electron chi connectivity index (χ0n) is 19.3. The average molecular weight is 463 g/mol. The number of nitrogens with zero attached hydrogens (tertiary/aromatic N) is 4. The molecule has 0 amide bonds. The third kappa shape index (κ3) is 3.92. The second-order valence-corrected chi connectivity index (χ2v) is 9.50. The molecule has 0 aliphatic carbocycles. The Morgan fingerprint density at radius 3 is 2.56 bits per heavy atom. The molecule has 0 saturated carbocycles. The fourth-order valence-corrected chi connectivity index (χ4v) is 4.49. The number of hydrogen-bond donors (Lipinski definition) is 1. The smallest absolute Gasteiger partial charge is 0.437 e. The molecule has 1 aliphatic rings. The van der Waals surface area contributed by atoms with Gasteiger partial charge in [0.05, 0.1) is 11.2 Å². The fourth-order valence-electron chi connectivity index (χ4n) is 4.49. The van der Waals surface area contributed by atoms with Crippen molar-refractivity contribution in [3.05, 3.63) is 53.7 Å². The van der Waals surface area contributed by atoms with Crippen molar-refractivity contribution in [1.29, 1.82) is 0 Å². The molecule has 5 rings (SSSR count). The summed E-state index contributed by atoms with van der Waals surface area (Å²) in [4.78, 5) is 24.8. The third-order valence-corrected chi connectivity index (χ3v) is 6.00. The normalized spacial score (nSPS) is 15.1. The molecule has 0 atom stereocenters. The van der Waals surface area contributed by atoms with Gasteiger partial charge in [-0.15, -0.1) is 9.78 Å². The summed E-state index contributed by atoms with van der Waals surface area (Å²) in [5.41, 5.74) is 2.71. The summed E-state index contributed by atoms with van der Waals surface area (Å²) in [6, 6.07) is 13.0. The SMILES string of the molecule is CC(C)(C)OC(=O)n1nnc2c(-n3c(C(=O)O)cc4cc(C5CCOCC5)ccc43)cccc21. The van der Waals surface area contributed by atoms with Gasteiger partial charge in [0.15, 0.2) is 0 Å². The minimum absolute atomic E-state index is 0.110. The van der Waals surface area contributed by atoms with Crippen LogP contribution in [0.15, 0.2) is 42.5 Å². The summed E-state index contributed by atoms with van der Waals surface area (Å²) in [6.07, 6.45) is 1.25. The van der Waals surface area contributed by atoms with Crippen LogP contribution in [-0.2, 0) is 9.47 Å². The van der Waals surface area contributed by atoms with E-state index in [1.165, 1.54) is 5.56 Å². The van der Waals surface area contributed by atoms with Crippen LogP contribution in [0.1, 0.15) is 55.6 Å². The predicted molar refractivity (Wildman–Crippen MR) is 126 cm³/mol. The summed E-state index contributed by atoms with van der Waals surface area (Å²) >= 11 is 0. The van der Waals surface area contributed by atoms with Crippen molar-refractivity contribution in [2.24, 2.45) is 0 Å². The molecule has 0 spiro atoms. The zero-order valence-corrected chi connectivity index (χ0v) is 19.3. The molecule has 9 heteroatoms. The van der Waals surface area contributed by atoms with E-state index >= 15 is 0 Å². The highest BCUT2D eigenvalue weighted by molar-refractivity contribution is 5.99. The van der Waals surface area contributed by atoms with Crippen LogP contribution in [0.25, 0.3) is 27.6 Å². The van der Waals surface area contributed by atoms with E-state index in [2.05, 4.69) is 22.4 Å². The summed E-state index contributed by atoms with van der Waals surface area (Å²) in [5.74, 6) is -0.660. The Bertz CT molecular complexity index is 1410. The number of aromatic nitrogens is 4. The Hall–Kier alpha value is -3.72. The minimum atomic E-state index is -1.06. The van der Waals surface area contributed by atoms with Gasteiger partial charge >= 0.3 is 12.1 Å². The number of carbonyl (C=O) groups is 2. The summed E-state index contributed by atoms with van der Waals surface area (Å²) in [5, 5.41) is 19.0. The highest BCUT2D eigenvalue weighted by atomic mass is 16.6. The molecule has 9 nitrogen and oxygen atoms in total. The van der Waals surface area contributed by atoms with E-state index in [0.717, 1.165) is 41.6 Å². The van der Waals surface area contributed by atoms with Crippen LogP contribution in [0.2, 0.25) is 0 Å². The Balaban J connectivity index is 1.65. The largest absolute Gasteiger partial charge is 0.477 e. The van der Waals surface area contributed by atoms with Crippen LogP contribution < -0.4 is 0 Å². The van der Waals surface area contributed by atoms with Gasteiger partial charge in [-0.25, -0.2) is 9.59 Å². The Morgan fingerprint density at radius 2 is 1.85 bits per heavy atom. The number of benzene rings is 2. The maximum atomic E-state index is 12.6. The lowest BCUT2D eigenvalue weighted by Crippen LogP contribution is -2.27. The standard InChI is InChI=1S/C25H26N4O5/c1-25(2,3)34-24(32)29-20-6-4-5-19(22(20)26-27-29)28-18-8-7-16(15-9-11-33-12-10-15)13-17(18)14-21(28)23(30)31/h4-8,13-15H,9-12H2,1-3H3,(H,30,31). The molecule has 1 N–H and O–H groups in total. The molecule has 2 aromatic carbocycles. The molecule has 3 heterocycles. The van der Waals surface area contributed by atoms with E-state index < -0.39 is 17.7 Å². The number of rotatable bonds is 3. The number of carboxylic acids is 1. The average Bonchev–Trinajstić information content (AvgIpc) is 3.40. The van der Waals surface area contributed by atoms with Gasteiger partial charge < -0.3 is 19.1 Å². The van der Waals surface area contributed by atoms with Gasteiger partial charge in [0, 0.05) is 18.6 Å². The van der Waals surface area contributed by atoms with Crippen molar-refractivity contribution in [2.45, 2.75) is 45.1 Å². The quantitative estimate of drug-likeness (QED) is 0.468. The highest BCUT2D eigenvalue weighted by Gasteiger charge is 2.24. The van der Waals surface area contributed by atoms with Crippen LogP contribution in [0, 0.1) is 0 Å². The van der Waals surface area contributed by atoms with Gasteiger partial charge in [0.1, 0.15) is 22.3 Å². The number of fused-ring (bicyclic) bond motifs is 2. The Labute approximate surface area is 195 Å². The van der Waals surface area contributed by atoms with Crippen LogP contribution in [-0.4, -0.2) is 55.5 Å². The molecular weight excluding hydrogens is 436 g/mol. The summed E-state index contributed by atoms with van der Waals surface area (Å²) in [6.45, 7) is 6.79. The number of carboxylic acid groups (broad SMARTS) is 1. The molecule has 4 aromatic rings. The third-order valence-electron chi connectivity index (χ3n) is 6.00. The van der Waals surface area contributed by atoms with Gasteiger partial charge in [0.25, 0.3) is 0 Å². The van der Waals surface area contributed by atoms with Crippen LogP contribution in [0.4, 0.5) is 4.79 Å². The minimum Gasteiger partial charge on any atom is -0.477 e. The lowest BCUT2D eigenvalue weighted by molar-refractivity contribution is 0.0518. The topological polar surface area (TPSA) is 108 Å². The number of carbonyl (C=O) groups excluding carboxylic acids is 1. The monoisotopic (exact) mass is 462 g/mol. The first-order chi connectivity index (χ1) is 16.2. The van der Waals surface area contributed by atoms with Gasteiger partial charge in [-0.2, -0.15) is 0 Å². The van der Waals surface area contributed by atoms with E-state index in [-0.39, 0.29) is 5.69 Å². The number of hydrogen-bond acceptors (Lipinski definition) is 6. The van der Waals surface area contributed by atoms with Crippen LogP contribution in [0.3, 0.4) is 0 Å². The van der Waals surface area contributed by atoms with E-state index in [9.17, 15) is 14.7 Å². The van der Waals surface area contributed by atoms with E-state index in [1.54, 1.807) is 49.6 Å². The van der Waals surface area contributed by atoms with Gasteiger partial charge in [-0.1, -0.05) is 17.3 Å². The van der Waals surface area contributed by atoms with E-state index in [1.807, 2.05) is 6.07 Å². The van der Waals surface area contributed by atoms with Crippen LogP contribution >= 0.6 is 0 Å². The van der Waals surface area contributed by atoms with Crippen molar-refractivity contribution >= 4 is 34.0 Å². The van der Waals surface area contributed by atoms with Crippen molar-refractivity contribution in [2.75, 3.05) is 13.2 Å². The predicted octanol–water partition coefficient (Wildman–Crippen LogP) is 4.75. The van der Waals surface area contributed by atoms with E-state index in [4.69, 9.17) is 9.47 Å². The van der Waals surface area contributed by atoms with Crippen molar-refractivity contribution in [1.82, 2.24) is 19.6 Å². The molecule has 1 fully saturated rings. The first-order valence-electron chi connectivity index (χ1n) is 11.3. The van der Waals surface area contributed by atoms with Gasteiger partial charge in [0.2, 0.25) is 0 Å². The fraction of sp³-hybridized carbons (Fsp3) is 0.360. The molecule has 0 bridgehead atoms. The lowest BCUT2D eigenvalue weighted by Gasteiger charge is -2.22. The summed E-state index contributed by atoms with van der Waals surface area (Å²) in [7, 11) is 0. The molecule has 34 heavy (non-hydrogen) atoms. The molecule has 1 saturated heterocycles. The molecule has 0 unspecified atom stereocenters. The Morgan fingerprint density at radius 1 is 1.09 bits per heavy atom. The molecule has 0 radical (unpaired) electrons. The van der Waals surface area contributed by atoms with Gasteiger partial charge in [-0.3, -0.25) is 0 Å². The first-order valence-corrected chi connectivity index (χ1v) is 11.3. The maximum Gasteiger partial charge on any atom is 0.437 e. The van der Waals surface area contributed by atoms with Crippen molar-refractivity contribution in [3.63, 3.8) is 0 Å². The molecular formula is C25H26N4O5. The van der Waals surface area contributed by atoms with Gasteiger partial charge in [-0.05, 0) is 75.4 Å². The molecule has 1 aliphatic heterocycles. The lowest BCUT2D eigenvalue weighted by atomic mass is 9.91. The summed E-state index contributed by atoms with van der Waals surface area (Å²) < 4.78 is 13.7. The van der Waals surface area contributed by atoms with Crippen LogP contribution in [0.5, 0.6) is 0 Å². The van der Waals surface area contributed by atoms with Crippen molar-refractivity contribution < 1.29 is 24.2 Å². The second kappa shape index (κ2) is 8.25. The highest BCUT2D eigenvalue weighted by Crippen LogP contribution is 2.33. The number of aromatic carboxylic acids is 1.